The van der Waals surface area contributed by atoms with Crippen molar-refractivity contribution >= 4 is 21.6 Å². The number of benzene rings is 1. The Kier molecular flexibility index (Phi) is 6.55. The lowest BCUT2D eigenvalue weighted by molar-refractivity contribution is -0.120. The molecule has 30 heavy (non-hydrogen) atoms. The Labute approximate surface area is 179 Å². The summed E-state index contributed by atoms with van der Waals surface area (Å²) in [6.45, 7) is 7.22. The van der Waals surface area contributed by atoms with Crippen LogP contribution in [0.4, 0.5) is 5.69 Å². The van der Waals surface area contributed by atoms with E-state index >= 15 is 0 Å². The number of amides is 1. The normalized spacial score (nSPS) is 19.5. The minimum atomic E-state index is -3.97. The average molecular weight is 433 g/mol. The molecule has 0 aliphatic heterocycles. The molecule has 1 aromatic carbocycles. The molecule has 0 radical (unpaired) electrons. The highest BCUT2D eigenvalue weighted by Crippen LogP contribution is 2.28. The molecular formula is C22H32N4O3S. The highest BCUT2D eigenvalue weighted by atomic mass is 32.2. The van der Waals surface area contributed by atoms with Crippen LogP contribution in [0.5, 0.6) is 0 Å². The molecule has 1 amide bonds. The van der Waals surface area contributed by atoms with Gasteiger partial charge in [0.25, 0.3) is 10.0 Å². The van der Waals surface area contributed by atoms with Gasteiger partial charge < -0.3 is 5.32 Å². The van der Waals surface area contributed by atoms with Gasteiger partial charge in [0.1, 0.15) is 11.4 Å². The van der Waals surface area contributed by atoms with Crippen LogP contribution in [0.15, 0.2) is 29.2 Å². The van der Waals surface area contributed by atoms with Crippen LogP contribution in [0.25, 0.3) is 0 Å². The Bertz CT molecular complexity index is 1010. The van der Waals surface area contributed by atoms with Crippen LogP contribution in [-0.4, -0.2) is 36.7 Å². The first-order chi connectivity index (χ1) is 14.1. The molecule has 1 aliphatic rings. The Morgan fingerprint density at radius 1 is 1.17 bits per heavy atom. The summed E-state index contributed by atoms with van der Waals surface area (Å²) in [5, 5.41) is 7.33. The highest BCUT2D eigenvalue weighted by Gasteiger charge is 2.33. The van der Waals surface area contributed by atoms with Gasteiger partial charge in [-0.05, 0) is 51.7 Å². The van der Waals surface area contributed by atoms with Crippen molar-refractivity contribution in [1.29, 1.82) is 0 Å². The molecule has 1 aromatic heterocycles. The van der Waals surface area contributed by atoms with Crippen LogP contribution in [-0.2, 0) is 21.9 Å². The van der Waals surface area contributed by atoms with Gasteiger partial charge in [-0.15, -0.1) is 0 Å². The summed E-state index contributed by atoms with van der Waals surface area (Å²) in [6.07, 6.45) is 4.28. The topological polar surface area (TPSA) is 84.3 Å². The number of carbonyl (C=O) groups is 1. The predicted octanol–water partition coefficient (Wildman–Crippen LogP) is 3.24. The fraction of sp³-hybridized carbons (Fsp3) is 0.545. The number of aryl methyl sites for hydroxylation is 3. The molecule has 1 heterocycles. The first-order valence-electron chi connectivity index (χ1n) is 10.5. The van der Waals surface area contributed by atoms with Crippen molar-refractivity contribution in [3.05, 3.63) is 41.2 Å². The Balaban J connectivity index is 1.94. The van der Waals surface area contributed by atoms with Crippen LogP contribution in [0.2, 0.25) is 0 Å². The zero-order valence-corrected chi connectivity index (χ0v) is 19.3. The smallest absolute Gasteiger partial charge is 0.268 e. The first kappa shape index (κ1) is 22.3. The van der Waals surface area contributed by atoms with E-state index in [4.69, 9.17) is 0 Å². The quantitative estimate of drug-likeness (QED) is 0.759. The molecular weight excluding hydrogens is 400 g/mol. The predicted molar refractivity (Wildman–Crippen MR) is 118 cm³/mol. The zero-order chi connectivity index (χ0) is 22.1. The van der Waals surface area contributed by atoms with E-state index in [1.165, 1.54) is 10.7 Å². The third-order valence-corrected chi connectivity index (χ3v) is 8.08. The van der Waals surface area contributed by atoms with E-state index in [9.17, 15) is 13.2 Å². The van der Waals surface area contributed by atoms with Crippen LogP contribution in [0.3, 0.4) is 0 Å². The second kappa shape index (κ2) is 8.79. The molecule has 0 saturated heterocycles. The number of sulfonamides is 1. The fourth-order valence-corrected chi connectivity index (χ4v) is 6.00. The summed E-state index contributed by atoms with van der Waals surface area (Å²) in [6, 6.07) is 7.27. The standard InChI is InChI=1S/C22H32N4O3S/c1-15-10-12-19(13-11-15)26(14-21(27)23-20-9-7-6-8-16(20)2)30(28,29)22-17(3)24-25(5)18(22)4/h10-13,16,20H,6-9,14H2,1-5H3,(H,23,27)/t16-,20+/m0/s1. The number of anilines is 1. The lowest BCUT2D eigenvalue weighted by Gasteiger charge is -2.31. The third kappa shape index (κ3) is 4.53. The van der Waals surface area contributed by atoms with Gasteiger partial charge in [0.2, 0.25) is 5.91 Å². The highest BCUT2D eigenvalue weighted by molar-refractivity contribution is 7.93. The van der Waals surface area contributed by atoms with E-state index in [0.717, 1.165) is 24.8 Å². The maximum absolute atomic E-state index is 13.7. The van der Waals surface area contributed by atoms with Gasteiger partial charge in [0.15, 0.2) is 0 Å². The molecule has 7 nitrogen and oxygen atoms in total. The number of nitrogens with one attached hydrogen (secondary N) is 1. The minimum absolute atomic E-state index is 0.0932. The molecule has 1 N–H and O–H groups in total. The summed E-state index contributed by atoms with van der Waals surface area (Å²) in [4.78, 5) is 13.1. The molecule has 1 fully saturated rings. The van der Waals surface area contributed by atoms with Crippen molar-refractivity contribution in [3.8, 4) is 0 Å². The van der Waals surface area contributed by atoms with Gasteiger partial charge in [0.05, 0.1) is 17.1 Å². The molecule has 8 heteroatoms. The molecule has 0 bridgehead atoms. The maximum Gasteiger partial charge on any atom is 0.268 e. The van der Waals surface area contributed by atoms with Crippen LogP contribution in [0, 0.1) is 26.7 Å². The lowest BCUT2D eigenvalue weighted by atomic mass is 9.86. The number of carbonyl (C=O) groups excluding carboxylic acids is 1. The van der Waals surface area contributed by atoms with Crippen LogP contribution >= 0.6 is 0 Å². The van der Waals surface area contributed by atoms with Gasteiger partial charge in [-0.1, -0.05) is 37.5 Å². The van der Waals surface area contributed by atoms with E-state index in [1.807, 2.05) is 19.1 Å². The van der Waals surface area contributed by atoms with Gasteiger partial charge in [-0.2, -0.15) is 5.10 Å². The zero-order valence-electron chi connectivity index (χ0n) is 18.5. The average Bonchev–Trinajstić information content (AvgIpc) is 2.94. The summed E-state index contributed by atoms with van der Waals surface area (Å²) in [5.41, 5.74) is 2.46. The summed E-state index contributed by atoms with van der Waals surface area (Å²) in [7, 11) is -2.25. The largest absolute Gasteiger partial charge is 0.352 e. The van der Waals surface area contributed by atoms with Gasteiger partial charge in [-0.25, -0.2) is 8.42 Å². The molecule has 0 spiro atoms. The van der Waals surface area contributed by atoms with E-state index < -0.39 is 10.0 Å². The summed E-state index contributed by atoms with van der Waals surface area (Å²) in [5.74, 6) is 0.118. The maximum atomic E-state index is 13.7. The van der Waals surface area contributed by atoms with Crippen molar-refractivity contribution in [2.75, 3.05) is 10.8 Å². The van der Waals surface area contributed by atoms with E-state index in [0.29, 0.717) is 23.0 Å². The van der Waals surface area contributed by atoms with Gasteiger partial charge in [-0.3, -0.25) is 13.8 Å². The number of hydrogen-bond acceptors (Lipinski definition) is 4. The van der Waals surface area contributed by atoms with Crippen molar-refractivity contribution in [2.45, 2.75) is 64.3 Å². The minimum Gasteiger partial charge on any atom is -0.352 e. The first-order valence-corrected chi connectivity index (χ1v) is 11.9. The molecule has 0 unspecified atom stereocenters. The number of aromatic nitrogens is 2. The van der Waals surface area contributed by atoms with E-state index in [1.54, 1.807) is 37.7 Å². The number of hydrogen-bond donors (Lipinski definition) is 1. The molecule has 1 aliphatic carbocycles. The lowest BCUT2D eigenvalue weighted by Crippen LogP contribution is -2.47. The Morgan fingerprint density at radius 2 is 1.80 bits per heavy atom. The number of nitrogens with zero attached hydrogens (tertiary/aromatic N) is 3. The number of rotatable bonds is 6. The Morgan fingerprint density at radius 3 is 2.37 bits per heavy atom. The molecule has 164 valence electrons. The summed E-state index contributed by atoms with van der Waals surface area (Å²) < 4.78 is 30.1. The SMILES string of the molecule is Cc1ccc(N(CC(=O)N[C@@H]2CCCC[C@@H]2C)S(=O)(=O)c2c(C)nn(C)c2C)cc1. The van der Waals surface area contributed by atoms with Crippen molar-refractivity contribution < 1.29 is 13.2 Å². The van der Waals surface area contributed by atoms with Crippen molar-refractivity contribution in [1.82, 2.24) is 15.1 Å². The third-order valence-electron chi connectivity index (χ3n) is 6.06. The molecule has 3 rings (SSSR count). The second-order valence-electron chi connectivity index (χ2n) is 8.41. The van der Waals surface area contributed by atoms with Crippen molar-refractivity contribution in [3.63, 3.8) is 0 Å². The molecule has 2 aromatic rings. The second-order valence-corrected chi connectivity index (χ2v) is 10.2. The summed E-state index contributed by atoms with van der Waals surface area (Å²) >= 11 is 0. The van der Waals surface area contributed by atoms with Gasteiger partial charge >= 0.3 is 0 Å². The van der Waals surface area contributed by atoms with Crippen LogP contribution in [0.1, 0.15) is 49.6 Å². The fourth-order valence-electron chi connectivity index (χ4n) is 4.18. The molecule has 1 saturated carbocycles. The monoisotopic (exact) mass is 432 g/mol. The van der Waals surface area contributed by atoms with Crippen LogP contribution < -0.4 is 9.62 Å². The van der Waals surface area contributed by atoms with Gasteiger partial charge in [0, 0.05) is 13.1 Å². The van der Waals surface area contributed by atoms with Crippen molar-refractivity contribution in [2.24, 2.45) is 13.0 Å². The van der Waals surface area contributed by atoms with E-state index in [2.05, 4.69) is 17.3 Å². The molecule has 2 atom stereocenters. The Hall–Kier alpha value is -2.35. The van der Waals surface area contributed by atoms with E-state index in [-0.39, 0.29) is 23.4 Å².